The summed E-state index contributed by atoms with van der Waals surface area (Å²) in [6.07, 6.45) is 3.66. The number of cyclic esters (lactones) is 1. The van der Waals surface area contributed by atoms with Gasteiger partial charge in [-0.2, -0.15) is 0 Å². The molecule has 1 heterocycles. The molecule has 1 aliphatic carbocycles. The number of anilines is 2. The molecule has 1 aromatic rings. The van der Waals surface area contributed by atoms with Crippen LogP contribution in [0.25, 0.3) is 0 Å². The second-order valence-corrected chi connectivity index (χ2v) is 5.72. The number of hydrogen-bond donors (Lipinski definition) is 2. The quantitative estimate of drug-likeness (QED) is 0.830. The summed E-state index contributed by atoms with van der Waals surface area (Å²) >= 11 is 0. The lowest BCUT2D eigenvalue weighted by molar-refractivity contribution is -0.136. The van der Waals surface area contributed by atoms with Crippen LogP contribution in [0, 0.1) is 0 Å². The van der Waals surface area contributed by atoms with E-state index in [1.54, 1.807) is 24.3 Å². The smallest absolute Gasteiger partial charge is 0.414 e. The van der Waals surface area contributed by atoms with Gasteiger partial charge in [0.2, 0.25) is 0 Å². The van der Waals surface area contributed by atoms with Crippen LogP contribution in [0.5, 0.6) is 0 Å². The van der Waals surface area contributed by atoms with E-state index >= 15 is 0 Å². The molecule has 2 fully saturated rings. The first kappa shape index (κ1) is 15.3. The standard InChI is InChI=1S/C16H19N3O4/c20-14(17-11-3-1-2-4-11)15(21)18-12-5-7-13(8-6-12)19-9-10-23-16(19)22/h5-8,11H,1-4,9-10H2,(H,17,20)(H,18,21). The highest BCUT2D eigenvalue weighted by Gasteiger charge is 2.24. The van der Waals surface area contributed by atoms with Crippen molar-refractivity contribution in [3.8, 4) is 0 Å². The molecule has 122 valence electrons. The normalized spacial score (nSPS) is 17.9. The summed E-state index contributed by atoms with van der Waals surface area (Å²) in [6.45, 7) is 0.882. The van der Waals surface area contributed by atoms with Crippen LogP contribution in [-0.4, -0.2) is 37.1 Å². The van der Waals surface area contributed by atoms with Crippen molar-refractivity contribution in [1.29, 1.82) is 0 Å². The number of carbonyl (C=O) groups excluding carboxylic acids is 3. The van der Waals surface area contributed by atoms with Gasteiger partial charge in [0.25, 0.3) is 0 Å². The summed E-state index contributed by atoms with van der Waals surface area (Å²) in [5.74, 6) is -1.28. The Morgan fingerprint density at radius 3 is 2.39 bits per heavy atom. The Morgan fingerprint density at radius 2 is 1.78 bits per heavy atom. The molecule has 0 bridgehead atoms. The van der Waals surface area contributed by atoms with Gasteiger partial charge >= 0.3 is 17.9 Å². The van der Waals surface area contributed by atoms with E-state index in [1.165, 1.54) is 4.90 Å². The molecule has 3 amide bonds. The number of benzene rings is 1. The van der Waals surface area contributed by atoms with Gasteiger partial charge in [-0.05, 0) is 37.1 Å². The van der Waals surface area contributed by atoms with Crippen LogP contribution < -0.4 is 15.5 Å². The first-order chi connectivity index (χ1) is 11.1. The number of ether oxygens (including phenoxy) is 1. The SMILES string of the molecule is O=C(Nc1ccc(N2CCOC2=O)cc1)C(=O)NC1CCCC1. The Kier molecular flexibility index (Phi) is 4.45. The first-order valence-electron chi connectivity index (χ1n) is 7.80. The number of nitrogens with zero attached hydrogens (tertiary/aromatic N) is 1. The zero-order valence-electron chi connectivity index (χ0n) is 12.7. The number of rotatable bonds is 3. The number of hydrogen-bond acceptors (Lipinski definition) is 4. The fourth-order valence-corrected chi connectivity index (χ4v) is 2.86. The molecule has 0 spiro atoms. The second kappa shape index (κ2) is 6.68. The largest absolute Gasteiger partial charge is 0.447 e. The van der Waals surface area contributed by atoms with E-state index in [2.05, 4.69) is 10.6 Å². The van der Waals surface area contributed by atoms with Crippen LogP contribution in [0.2, 0.25) is 0 Å². The maximum atomic E-state index is 11.9. The van der Waals surface area contributed by atoms with Crippen molar-refractivity contribution in [1.82, 2.24) is 5.32 Å². The number of amides is 3. The van der Waals surface area contributed by atoms with Gasteiger partial charge in [-0.25, -0.2) is 4.79 Å². The number of carbonyl (C=O) groups is 3. The summed E-state index contributed by atoms with van der Waals surface area (Å²) in [5.41, 5.74) is 1.20. The fourth-order valence-electron chi connectivity index (χ4n) is 2.86. The molecule has 23 heavy (non-hydrogen) atoms. The van der Waals surface area contributed by atoms with Gasteiger partial charge in [-0.15, -0.1) is 0 Å². The van der Waals surface area contributed by atoms with Crippen LogP contribution >= 0.6 is 0 Å². The molecule has 0 radical (unpaired) electrons. The molecule has 1 saturated heterocycles. The maximum absolute atomic E-state index is 11.9. The monoisotopic (exact) mass is 317 g/mol. The lowest BCUT2D eigenvalue weighted by atomic mass is 10.2. The summed E-state index contributed by atoms with van der Waals surface area (Å²) < 4.78 is 4.87. The van der Waals surface area contributed by atoms with Crippen LogP contribution in [0.4, 0.5) is 16.2 Å². The highest BCUT2D eigenvalue weighted by molar-refractivity contribution is 6.39. The minimum absolute atomic E-state index is 0.108. The average molecular weight is 317 g/mol. The Bertz CT molecular complexity index is 608. The Balaban J connectivity index is 1.56. The molecule has 1 aromatic carbocycles. The van der Waals surface area contributed by atoms with Gasteiger partial charge in [0.15, 0.2) is 0 Å². The average Bonchev–Trinajstić information content (AvgIpc) is 3.19. The van der Waals surface area contributed by atoms with Gasteiger partial charge in [0.05, 0.1) is 6.54 Å². The molecule has 1 aliphatic heterocycles. The molecular formula is C16H19N3O4. The third kappa shape index (κ3) is 3.61. The molecule has 0 aromatic heterocycles. The zero-order valence-corrected chi connectivity index (χ0v) is 12.7. The van der Waals surface area contributed by atoms with E-state index in [-0.39, 0.29) is 12.1 Å². The predicted octanol–water partition coefficient (Wildman–Crippen LogP) is 1.64. The van der Waals surface area contributed by atoms with E-state index < -0.39 is 11.8 Å². The van der Waals surface area contributed by atoms with Crippen molar-refractivity contribution in [3.63, 3.8) is 0 Å². The van der Waals surface area contributed by atoms with Crippen molar-refractivity contribution < 1.29 is 19.1 Å². The topological polar surface area (TPSA) is 87.7 Å². The molecule has 2 N–H and O–H groups in total. The van der Waals surface area contributed by atoms with Crippen molar-refractivity contribution in [2.24, 2.45) is 0 Å². The highest BCUT2D eigenvalue weighted by atomic mass is 16.6. The van der Waals surface area contributed by atoms with E-state index in [4.69, 9.17) is 4.74 Å². The minimum Gasteiger partial charge on any atom is -0.447 e. The van der Waals surface area contributed by atoms with Crippen LogP contribution in [0.3, 0.4) is 0 Å². The van der Waals surface area contributed by atoms with Gasteiger partial charge in [-0.1, -0.05) is 12.8 Å². The summed E-state index contributed by atoms with van der Waals surface area (Å²) in [4.78, 5) is 36.7. The van der Waals surface area contributed by atoms with Crippen molar-refractivity contribution in [3.05, 3.63) is 24.3 Å². The van der Waals surface area contributed by atoms with Crippen molar-refractivity contribution in [2.45, 2.75) is 31.7 Å². The summed E-state index contributed by atoms with van der Waals surface area (Å²) in [6, 6.07) is 6.83. The van der Waals surface area contributed by atoms with Gasteiger partial charge in [-0.3, -0.25) is 14.5 Å². The molecule has 1 saturated carbocycles. The van der Waals surface area contributed by atoms with Crippen molar-refractivity contribution in [2.75, 3.05) is 23.4 Å². The Hall–Kier alpha value is -2.57. The fraction of sp³-hybridized carbons (Fsp3) is 0.438. The minimum atomic E-state index is -0.676. The summed E-state index contributed by atoms with van der Waals surface area (Å²) in [5, 5.41) is 5.30. The second-order valence-electron chi connectivity index (χ2n) is 5.72. The Morgan fingerprint density at radius 1 is 1.09 bits per heavy atom. The van der Waals surface area contributed by atoms with Gasteiger partial charge < -0.3 is 15.4 Å². The lowest BCUT2D eigenvalue weighted by Gasteiger charge is -2.14. The maximum Gasteiger partial charge on any atom is 0.414 e. The zero-order chi connectivity index (χ0) is 16.2. The molecule has 0 atom stereocenters. The van der Waals surface area contributed by atoms with Crippen LogP contribution in [0.15, 0.2) is 24.3 Å². The van der Waals surface area contributed by atoms with Crippen LogP contribution in [0.1, 0.15) is 25.7 Å². The molecule has 3 rings (SSSR count). The van der Waals surface area contributed by atoms with Gasteiger partial charge in [0, 0.05) is 17.4 Å². The highest BCUT2D eigenvalue weighted by Crippen LogP contribution is 2.21. The first-order valence-corrected chi connectivity index (χ1v) is 7.80. The van der Waals surface area contributed by atoms with Gasteiger partial charge in [0.1, 0.15) is 6.61 Å². The van der Waals surface area contributed by atoms with E-state index in [0.29, 0.717) is 24.5 Å². The third-order valence-electron chi connectivity index (χ3n) is 4.09. The molecule has 0 unspecified atom stereocenters. The summed E-state index contributed by atoms with van der Waals surface area (Å²) in [7, 11) is 0. The van der Waals surface area contributed by atoms with E-state index in [9.17, 15) is 14.4 Å². The van der Waals surface area contributed by atoms with Crippen LogP contribution in [-0.2, 0) is 14.3 Å². The molecule has 7 nitrogen and oxygen atoms in total. The van der Waals surface area contributed by atoms with E-state index in [1.807, 2.05) is 0 Å². The van der Waals surface area contributed by atoms with Crippen molar-refractivity contribution >= 4 is 29.3 Å². The molecule has 7 heteroatoms. The van der Waals surface area contributed by atoms with E-state index in [0.717, 1.165) is 25.7 Å². The number of nitrogens with one attached hydrogen (secondary N) is 2. The lowest BCUT2D eigenvalue weighted by Crippen LogP contribution is -2.40. The molecular weight excluding hydrogens is 298 g/mol. The molecule has 2 aliphatic rings. The predicted molar refractivity (Wildman–Crippen MR) is 84.2 cm³/mol. The third-order valence-corrected chi connectivity index (χ3v) is 4.09. The Labute approximate surface area is 134 Å².